The summed E-state index contributed by atoms with van der Waals surface area (Å²) in [6, 6.07) is 4.12. The second kappa shape index (κ2) is 5.14. The summed E-state index contributed by atoms with van der Waals surface area (Å²) in [5.74, 6) is 1.36. The molecule has 6 heteroatoms. The zero-order chi connectivity index (χ0) is 13.1. The molecule has 1 aromatic carbocycles. The second-order valence-corrected chi connectivity index (χ2v) is 3.96. The average Bonchev–Trinajstić information content (AvgIpc) is 2.67. The Hall–Kier alpha value is -1.95. The van der Waals surface area contributed by atoms with Crippen molar-refractivity contribution in [2.24, 2.45) is 7.05 Å². The molecule has 0 aliphatic carbocycles. The molecule has 0 aliphatic heterocycles. The number of hydrogen-bond donors (Lipinski definition) is 1. The van der Waals surface area contributed by atoms with Gasteiger partial charge in [-0.15, -0.1) is 10.2 Å². The van der Waals surface area contributed by atoms with E-state index in [2.05, 4.69) is 10.2 Å². The van der Waals surface area contributed by atoms with E-state index in [0.29, 0.717) is 17.1 Å². The fourth-order valence-corrected chi connectivity index (χ4v) is 1.52. The van der Waals surface area contributed by atoms with Gasteiger partial charge in [-0.2, -0.15) is 0 Å². The Bertz CT molecular complexity index is 554. The molecule has 2 aromatic rings. The molecule has 0 radical (unpaired) electrons. The van der Waals surface area contributed by atoms with Gasteiger partial charge in [0.2, 0.25) is 0 Å². The average molecular weight is 251 g/mol. The summed E-state index contributed by atoms with van der Waals surface area (Å²) in [4.78, 5) is 0. The highest BCUT2D eigenvalue weighted by atomic mass is 19.1. The van der Waals surface area contributed by atoms with Crippen LogP contribution in [0.5, 0.6) is 5.75 Å². The standard InChI is InChI=1S/C12H14FN3O2/c1-8-14-15-12(16(8)2)7-18-11-4-9(6-17)3-10(13)5-11/h3-5,17H,6-7H2,1-2H3. The molecule has 0 spiro atoms. The number of benzene rings is 1. The van der Waals surface area contributed by atoms with Gasteiger partial charge in [-0.1, -0.05) is 0 Å². The van der Waals surface area contributed by atoms with E-state index in [1.807, 2.05) is 14.0 Å². The van der Waals surface area contributed by atoms with E-state index in [1.165, 1.54) is 12.1 Å². The van der Waals surface area contributed by atoms with Crippen LogP contribution >= 0.6 is 0 Å². The molecule has 2 rings (SSSR count). The van der Waals surface area contributed by atoms with Crippen LogP contribution in [0.4, 0.5) is 4.39 Å². The Kier molecular flexibility index (Phi) is 3.57. The number of aliphatic hydroxyl groups excluding tert-OH is 1. The highest BCUT2D eigenvalue weighted by molar-refractivity contribution is 5.29. The van der Waals surface area contributed by atoms with Gasteiger partial charge >= 0.3 is 0 Å². The van der Waals surface area contributed by atoms with Crippen LogP contribution in [0, 0.1) is 12.7 Å². The van der Waals surface area contributed by atoms with Gasteiger partial charge in [0.25, 0.3) is 0 Å². The lowest BCUT2D eigenvalue weighted by atomic mass is 10.2. The first-order valence-electron chi connectivity index (χ1n) is 5.48. The number of halogens is 1. The maximum absolute atomic E-state index is 13.2. The summed E-state index contributed by atoms with van der Waals surface area (Å²) in [7, 11) is 1.83. The van der Waals surface area contributed by atoms with Crippen LogP contribution in [-0.2, 0) is 20.3 Å². The number of rotatable bonds is 4. The van der Waals surface area contributed by atoms with Gasteiger partial charge < -0.3 is 14.4 Å². The number of ether oxygens (including phenoxy) is 1. The minimum Gasteiger partial charge on any atom is -0.485 e. The topological polar surface area (TPSA) is 60.2 Å². The number of hydrogen-bond acceptors (Lipinski definition) is 4. The first-order valence-corrected chi connectivity index (χ1v) is 5.48. The van der Waals surface area contributed by atoms with Gasteiger partial charge in [-0.05, 0) is 24.6 Å². The molecule has 1 N–H and O–H groups in total. The second-order valence-electron chi connectivity index (χ2n) is 3.96. The molecule has 0 atom stereocenters. The Balaban J connectivity index is 2.10. The van der Waals surface area contributed by atoms with Gasteiger partial charge in [-0.25, -0.2) is 4.39 Å². The third-order valence-electron chi connectivity index (χ3n) is 2.66. The number of aromatic nitrogens is 3. The molecule has 1 heterocycles. The summed E-state index contributed by atoms with van der Waals surface area (Å²) >= 11 is 0. The first-order chi connectivity index (χ1) is 8.60. The number of aryl methyl sites for hydroxylation is 1. The van der Waals surface area contributed by atoms with Gasteiger partial charge in [0.1, 0.15) is 24.0 Å². The minimum absolute atomic E-state index is 0.200. The third kappa shape index (κ3) is 2.65. The molecule has 1 aromatic heterocycles. The summed E-state index contributed by atoms with van der Waals surface area (Å²) in [5.41, 5.74) is 0.471. The normalized spacial score (nSPS) is 10.7. The van der Waals surface area contributed by atoms with Gasteiger partial charge in [0, 0.05) is 13.1 Å². The van der Waals surface area contributed by atoms with Crippen molar-refractivity contribution in [1.29, 1.82) is 0 Å². The van der Waals surface area contributed by atoms with Crippen molar-refractivity contribution in [3.8, 4) is 5.75 Å². The van der Waals surface area contributed by atoms with E-state index in [9.17, 15) is 4.39 Å². The van der Waals surface area contributed by atoms with E-state index in [0.717, 1.165) is 5.82 Å². The molecular weight excluding hydrogens is 237 g/mol. The van der Waals surface area contributed by atoms with Crippen molar-refractivity contribution in [3.05, 3.63) is 41.2 Å². The van der Waals surface area contributed by atoms with Crippen molar-refractivity contribution in [2.75, 3.05) is 0 Å². The first kappa shape index (κ1) is 12.5. The van der Waals surface area contributed by atoms with E-state index < -0.39 is 5.82 Å². The summed E-state index contributed by atoms with van der Waals surface area (Å²) in [5, 5.41) is 16.8. The lowest BCUT2D eigenvalue weighted by Gasteiger charge is -2.07. The van der Waals surface area contributed by atoms with E-state index in [4.69, 9.17) is 9.84 Å². The highest BCUT2D eigenvalue weighted by Gasteiger charge is 2.07. The quantitative estimate of drug-likeness (QED) is 0.890. The molecule has 0 saturated heterocycles. The maximum Gasteiger partial charge on any atom is 0.170 e. The van der Waals surface area contributed by atoms with Crippen molar-refractivity contribution in [2.45, 2.75) is 20.1 Å². The Morgan fingerprint density at radius 1 is 1.33 bits per heavy atom. The van der Waals surface area contributed by atoms with E-state index in [-0.39, 0.29) is 13.2 Å². The van der Waals surface area contributed by atoms with Gasteiger partial charge in [0.05, 0.1) is 6.61 Å². The molecule has 5 nitrogen and oxygen atoms in total. The highest BCUT2D eigenvalue weighted by Crippen LogP contribution is 2.17. The molecule has 18 heavy (non-hydrogen) atoms. The lowest BCUT2D eigenvalue weighted by Crippen LogP contribution is -2.04. The number of aliphatic hydroxyl groups is 1. The molecule has 0 amide bonds. The molecular formula is C12H14FN3O2. The van der Waals surface area contributed by atoms with Crippen LogP contribution in [0.1, 0.15) is 17.2 Å². The van der Waals surface area contributed by atoms with Crippen LogP contribution in [-0.4, -0.2) is 19.9 Å². The van der Waals surface area contributed by atoms with Gasteiger partial charge in [0.15, 0.2) is 5.82 Å². The number of nitrogens with zero attached hydrogens (tertiary/aromatic N) is 3. The van der Waals surface area contributed by atoms with Crippen LogP contribution in [0.15, 0.2) is 18.2 Å². The molecule has 0 saturated carbocycles. The molecule has 0 bridgehead atoms. The summed E-state index contributed by atoms with van der Waals surface area (Å²) in [6.45, 7) is 1.81. The molecule has 0 fully saturated rings. The van der Waals surface area contributed by atoms with E-state index in [1.54, 1.807) is 10.6 Å². The third-order valence-corrected chi connectivity index (χ3v) is 2.66. The van der Waals surface area contributed by atoms with Crippen LogP contribution in [0.2, 0.25) is 0 Å². The van der Waals surface area contributed by atoms with Crippen LogP contribution in [0.3, 0.4) is 0 Å². The smallest absolute Gasteiger partial charge is 0.170 e. The monoisotopic (exact) mass is 251 g/mol. The Morgan fingerprint density at radius 3 is 2.72 bits per heavy atom. The molecule has 0 aliphatic rings. The van der Waals surface area contributed by atoms with Crippen LogP contribution < -0.4 is 4.74 Å². The zero-order valence-electron chi connectivity index (χ0n) is 10.2. The predicted molar refractivity (Wildman–Crippen MR) is 62.4 cm³/mol. The summed E-state index contributed by atoms with van der Waals surface area (Å²) < 4.78 is 20.4. The SMILES string of the molecule is Cc1nnc(COc2cc(F)cc(CO)c2)n1C. The summed E-state index contributed by atoms with van der Waals surface area (Å²) in [6.07, 6.45) is 0. The molecule has 96 valence electrons. The van der Waals surface area contributed by atoms with Crippen molar-refractivity contribution in [1.82, 2.24) is 14.8 Å². The Labute approximate surface area is 104 Å². The fourth-order valence-electron chi connectivity index (χ4n) is 1.52. The van der Waals surface area contributed by atoms with Crippen molar-refractivity contribution in [3.63, 3.8) is 0 Å². The van der Waals surface area contributed by atoms with Crippen LogP contribution in [0.25, 0.3) is 0 Å². The Morgan fingerprint density at radius 2 is 2.11 bits per heavy atom. The maximum atomic E-state index is 13.2. The van der Waals surface area contributed by atoms with E-state index >= 15 is 0 Å². The fraction of sp³-hybridized carbons (Fsp3) is 0.333. The minimum atomic E-state index is -0.439. The van der Waals surface area contributed by atoms with Gasteiger partial charge in [-0.3, -0.25) is 0 Å². The van der Waals surface area contributed by atoms with Crippen molar-refractivity contribution < 1.29 is 14.2 Å². The van der Waals surface area contributed by atoms with Crippen molar-refractivity contribution >= 4 is 0 Å². The lowest BCUT2D eigenvalue weighted by molar-refractivity contribution is 0.273. The molecule has 0 unspecified atom stereocenters. The largest absolute Gasteiger partial charge is 0.485 e. The zero-order valence-corrected chi connectivity index (χ0v) is 10.2. The predicted octanol–water partition coefficient (Wildman–Crippen LogP) is 1.33.